The third-order valence-corrected chi connectivity index (χ3v) is 6.91. The SMILES string of the molecule is CC1CCC(CSC2CCC([N+](=O)[O-])C3NONC23)CC1. The van der Waals surface area contributed by atoms with Crippen LogP contribution in [0.15, 0.2) is 0 Å². The number of nitro groups is 1. The predicted molar refractivity (Wildman–Crippen MR) is 82.3 cm³/mol. The first-order valence-electron chi connectivity index (χ1n) is 8.07. The van der Waals surface area contributed by atoms with Gasteiger partial charge < -0.3 is 0 Å². The fraction of sp³-hybridized carbons (Fsp3) is 1.00. The van der Waals surface area contributed by atoms with Gasteiger partial charge in [-0.3, -0.25) is 10.1 Å². The third-order valence-electron chi connectivity index (χ3n) is 5.29. The minimum absolute atomic E-state index is 0.0571. The number of hydrogen-bond acceptors (Lipinski definition) is 6. The molecule has 4 unspecified atom stereocenters. The highest BCUT2D eigenvalue weighted by molar-refractivity contribution is 7.99. The van der Waals surface area contributed by atoms with Gasteiger partial charge in [-0.2, -0.15) is 22.7 Å². The van der Waals surface area contributed by atoms with Crippen LogP contribution in [0.5, 0.6) is 0 Å². The van der Waals surface area contributed by atoms with Crippen molar-refractivity contribution in [2.75, 3.05) is 5.75 Å². The lowest BCUT2D eigenvalue weighted by Gasteiger charge is -2.34. The van der Waals surface area contributed by atoms with Crippen molar-refractivity contribution in [3.63, 3.8) is 0 Å². The van der Waals surface area contributed by atoms with Gasteiger partial charge in [-0.25, -0.2) is 4.94 Å². The average molecular weight is 315 g/mol. The minimum atomic E-state index is -0.530. The molecular formula is C14H25N3O3S. The molecule has 0 bridgehead atoms. The second kappa shape index (κ2) is 6.81. The molecule has 0 amide bonds. The topological polar surface area (TPSA) is 76.4 Å². The summed E-state index contributed by atoms with van der Waals surface area (Å²) in [7, 11) is 0. The molecule has 4 atom stereocenters. The summed E-state index contributed by atoms with van der Waals surface area (Å²) in [5, 5.41) is 11.5. The summed E-state index contributed by atoms with van der Waals surface area (Å²) in [5.41, 5.74) is 5.75. The number of nitrogens with one attached hydrogen (secondary N) is 2. The number of nitrogens with zero attached hydrogens (tertiary/aromatic N) is 1. The highest BCUT2D eigenvalue weighted by atomic mass is 32.2. The zero-order valence-electron chi connectivity index (χ0n) is 12.5. The van der Waals surface area contributed by atoms with E-state index in [0.29, 0.717) is 11.7 Å². The predicted octanol–water partition coefficient (Wildman–Crippen LogP) is 2.13. The van der Waals surface area contributed by atoms with Crippen LogP contribution >= 0.6 is 11.8 Å². The van der Waals surface area contributed by atoms with Crippen LogP contribution in [0.2, 0.25) is 0 Å². The van der Waals surface area contributed by atoms with E-state index in [1.165, 1.54) is 31.4 Å². The fourth-order valence-electron chi connectivity index (χ4n) is 3.81. The van der Waals surface area contributed by atoms with Gasteiger partial charge in [0.25, 0.3) is 0 Å². The van der Waals surface area contributed by atoms with Crippen molar-refractivity contribution in [2.45, 2.75) is 68.8 Å². The van der Waals surface area contributed by atoms with Crippen LogP contribution in [0.3, 0.4) is 0 Å². The highest BCUT2D eigenvalue weighted by Crippen LogP contribution is 2.36. The van der Waals surface area contributed by atoms with Crippen LogP contribution in [0.25, 0.3) is 0 Å². The van der Waals surface area contributed by atoms with Crippen LogP contribution < -0.4 is 11.0 Å². The van der Waals surface area contributed by atoms with E-state index in [9.17, 15) is 10.1 Å². The lowest BCUT2D eigenvalue weighted by atomic mass is 9.84. The number of fused-ring (bicyclic) bond motifs is 1. The summed E-state index contributed by atoms with van der Waals surface area (Å²) >= 11 is 1.99. The summed E-state index contributed by atoms with van der Waals surface area (Å²) in [5.74, 6) is 2.90. The summed E-state index contributed by atoms with van der Waals surface area (Å²) in [6.45, 7) is 2.35. The average Bonchev–Trinajstić information content (AvgIpc) is 2.95. The van der Waals surface area contributed by atoms with E-state index in [0.717, 1.165) is 18.3 Å². The molecule has 3 fully saturated rings. The molecule has 0 aromatic rings. The molecule has 6 nitrogen and oxygen atoms in total. The van der Waals surface area contributed by atoms with Gasteiger partial charge in [0.05, 0.1) is 6.04 Å². The highest BCUT2D eigenvalue weighted by Gasteiger charge is 2.49. The Labute approximate surface area is 129 Å². The first-order valence-corrected chi connectivity index (χ1v) is 9.12. The van der Waals surface area contributed by atoms with Crippen LogP contribution in [0.4, 0.5) is 0 Å². The first kappa shape index (κ1) is 15.5. The van der Waals surface area contributed by atoms with E-state index in [1.54, 1.807) is 0 Å². The smallest absolute Gasteiger partial charge is 0.232 e. The summed E-state index contributed by atoms with van der Waals surface area (Å²) in [6, 6.07) is -0.670. The molecule has 0 spiro atoms. The lowest BCUT2D eigenvalue weighted by Crippen LogP contribution is -2.55. The van der Waals surface area contributed by atoms with Gasteiger partial charge in [-0.15, -0.1) is 0 Å². The Bertz CT molecular complexity index is 376. The minimum Gasteiger partial charge on any atom is -0.264 e. The number of hydrogen-bond donors (Lipinski definition) is 2. The molecule has 7 heteroatoms. The van der Waals surface area contributed by atoms with Gasteiger partial charge in [-0.1, -0.05) is 19.8 Å². The third kappa shape index (κ3) is 3.52. The number of rotatable bonds is 4. The van der Waals surface area contributed by atoms with Crippen molar-refractivity contribution >= 4 is 11.8 Å². The monoisotopic (exact) mass is 315 g/mol. The van der Waals surface area contributed by atoms with E-state index in [-0.39, 0.29) is 17.0 Å². The van der Waals surface area contributed by atoms with E-state index in [4.69, 9.17) is 4.94 Å². The summed E-state index contributed by atoms with van der Waals surface area (Å²) in [6.07, 6.45) is 6.94. The molecule has 1 heterocycles. The van der Waals surface area contributed by atoms with Gasteiger partial charge in [0.2, 0.25) is 6.04 Å². The van der Waals surface area contributed by atoms with Crippen LogP contribution in [0.1, 0.15) is 45.4 Å². The Morgan fingerprint density at radius 1 is 1.14 bits per heavy atom. The summed E-state index contributed by atoms with van der Waals surface area (Å²) in [4.78, 5) is 16.0. The van der Waals surface area contributed by atoms with E-state index >= 15 is 0 Å². The van der Waals surface area contributed by atoms with E-state index in [1.807, 2.05) is 11.8 Å². The number of hydroxylamine groups is 2. The van der Waals surface area contributed by atoms with Crippen molar-refractivity contribution in [2.24, 2.45) is 11.8 Å². The molecule has 2 saturated carbocycles. The Balaban J connectivity index is 1.51. The van der Waals surface area contributed by atoms with Gasteiger partial charge in [0.15, 0.2) is 0 Å². The number of thioether (sulfide) groups is 1. The molecule has 0 radical (unpaired) electrons. The van der Waals surface area contributed by atoms with Crippen molar-refractivity contribution in [1.29, 1.82) is 0 Å². The maximum atomic E-state index is 11.1. The second-order valence-electron chi connectivity index (χ2n) is 6.82. The zero-order chi connectivity index (χ0) is 14.8. The normalized spacial score (nSPS) is 43.5. The molecule has 0 aromatic heterocycles. The van der Waals surface area contributed by atoms with Crippen molar-refractivity contribution in [3.8, 4) is 0 Å². The molecule has 1 aliphatic heterocycles. The molecule has 0 aromatic carbocycles. The van der Waals surface area contributed by atoms with Gasteiger partial charge in [-0.05, 0) is 36.9 Å². The zero-order valence-corrected chi connectivity index (χ0v) is 13.3. The van der Waals surface area contributed by atoms with Gasteiger partial charge in [0, 0.05) is 16.6 Å². The summed E-state index contributed by atoms with van der Waals surface area (Å²) < 4.78 is 0. The van der Waals surface area contributed by atoms with E-state index < -0.39 is 6.04 Å². The van der Waals surface area contributed by atoms with E-state index in [2.05, 4.69) is 17.9 Å². The maximum Gasteiger partial charge on any atom is 0.232 e. The molecule has 3 aliphatic rings. The van der Waals surface area contributed by atoms with Crippen LogP contribution in [-0.4, -0.2) is 34.1 Å². The first-order chi connectivity index (χ1) is 10.1. The molecule has 120 valence electrons. The maximum absolute atomic E-state index is 11.1. The largest absolute Gasteiger partial charge is 0.264 e. The molecule has 1 saturated heterocycles. The van der Waals surface area contributed by atoms with Crippen LogP contribution in [0, 0.1) is 22.0 Å². The molecule has 2 aliphatic carbocycles. The fourth-order valence-corrected chi connectivity index (χ4v) is 5.40. The van der Waals surface area contributed by atoms with Gasteiger partial charge in [0.1, 0.15) is 6.04 Å². The molecular weight excluding hydrogens is 290 g/mol. The Hall–Kier alpha value is -0.370. The van der Waals surface area contributed by atoms with Crippen molar-refractivity contribution in [1.82, 2.24) is 11.0 Å². The van der Waals surface area contributed by atoms with Gasteiger partial charge >= 0.3 is 0 Å². The second-order valence-corrected chi connectivity index (χ2v) is 8.09. The molecule has 21 heavy (non-hydrogen) atoms. The Morgan fingerprint density at radius 3 is 2.57 bits per heavy atom. The molecule has 2 N–H and O–H groups in total. The van der Waals surface area contributed by atoms with Crippen LogP contribution in [-0.2, 0) is 4.94 Å². The van der Waals surface area contributed by atoms with Crippen molar-refractivity contribution in [3.05, 3.63) is 10.1 Å². The Kier molecular flexibility index (Phi) is 5.03. The standard InChI is InChI=1S/C14H25N3O3S/c1-9-2-4-10(5-3-9)8-21-12-7-6-11(17(18)19)13-14(12)16-20-15-13/h9-16H,2-8H2,1H3. The molecule has 3 rings (SSSR count). The van der Waals surface area contributed by atoms with Crippen molar-refractivity contribution < 1.29 is 9.86 Å². The Morgan fingerprint density at radius 2 is 1.86 bits per heavy atom. The quantitative estimate of drug-likeness (QED) is 0.611. The lowest BCUT2D eigenvalue weighted by molar-refractivity contribution is -0.530.